The molecular weight excluding hydrogens is 224 g/mol. The van der Waals surface area contributed by atoms with Crippen LogP contribution in [0.1, 0.15) is 24.6 Å². The quantitative estimate of drug-likeness (QED) is 0.897. The number of fused-ring (bicyclic) bond motifs is 1. The molecule has 0 atom stereocenters. The van der Waals surface area contributed by atoms with E-state index in [1.165, 1.54) is 17.7 Å². The molecular formula is C14H18N4. The summed E-state index contributed by atoms with van der Waals surface area (Å²) in [6.45, 7) is 5.53. The van der Waals surface area contributed by atoms with Gasteiger partial charge in [0, 0.05) is 48.7 Å². The SMILES string of the molecule is CCCN1CCc2[nH]nc(-c3cccnc3)c2C1. The molecule has 0 aliphatic carbocycles. The van der Waals surface area contributed by atoms with E-state index in [0.29, 0.717) is 0 Å². The van der Waals surface area contributed by atoms with Crippen molar-refractivity contribution in [1.82, 2.24) is 20.1 Å². The first-order valence-corrected chi connectivity index (χ1v) is 6.57. The summed E-state index contributed by atoms with van der Waals surface area (Å²) in [5.74, 6) is 0. The van der Waals surface area contributed by atoms with E-state index in [9.17, 15) is 0 Å². The van der Waals surface area contributed by atoms with Crippen molar-refractivity contribution in [2.24, 2.45) is 0 Å². The highest BCUT2D eigenvalue weighted by Gasteiger charge is 2.22. The van der Waals surface area contributed by atoms with Crippen molar-refractivity contribution >= 4 is 0 Å². The molecule has 1 aliphatic rings. The Hall–Kier alpha value is -1.68. The lowest BCUT2D eigenvalue weighted by Crippen LogP contribution is -2.31. The van der Waals surface area contributed by atoms with Crippen LogP contribution in [0.2, 0.25) is 0 Å². The molecule has 0 spiro atoms. The van der Waals surface area contributed by atoms with E-state index < -0.39 is 0 Å². The van der Waals surface area contributed by atoms with E-state index in [0.717, 1.165) is 37.3 Å². The predicted octanol–water partition coefficient (Wildman–Crippen LogP) is 2.24. The largest absolute Gasteiger partial charge is 0.299 e. The normalized spacial score (nSPS) is 15.6. The van der Waals surface area contributed by atoms with Gasteiger partial charge in [0.1, 0.15) is 0 Å². The molecule has 0 saturated heterocycles. The maximum atomic E-state index is 4.47. The van der Waals surface area contributed by atoms with Crippen LogP contribution >= 0.6 is 0 Å². The Morgan fingerprint density at radius 1 is 1.44 bits per heavy atom. The smallest absolute Gasteiger partial charge is 0.0984 e. The lowest BCUT2D eigenvalue weighted by molar-refractivity contribution is 0.254. The van der Waals surface area contributed by atoms with Crippen LogP contribution in [0.4, 0.5) is 0 Å². The molecule has 2 aromatic rings. The summed E-state index contributed by atoms with van der Waals surface area (Å²) in [4.78, 5) is 6.68. The molecule has 0 aromatic carbocycles. The Balaban J connectivity index is 1.93. The maximum Gasteiger partial charge on any atom is 0.0984 e. The van der Waals surface area contributed by atoms with Gasteiger partial charge in [-0.3, -0.25) is 15.0 Å². The second-order valence-electron chi connectivity index (χ2n) is 4.80. The van der Waals surface area contributed by atoms with Gasteiger partial charge >= 0.3 is 0 Å². The number of rotatable bonds is 3. The minimum absolute atomic E-state index is 1.00. The lowest BCUT2D eigenvalue weighted by Gasteiger charge is -2.26. The van der Waals surface area contributed by atoms with E-state index in [1.807, 2.05) is 12.3 Å². The van der Waals surface area contributed by atoms with Crippen molar-refractivity contribution < 1.29 is 0 Å². The first-order valence-electron chi connectivity index (χ1n) is 6.57. The summed E-state index contributed by atoms with van der Waals surface area (Å²) in [6.07, 6.45) is 5.96. The van der Waals surface area contributed by atoms with Gasteiger partial charge in [-0.1, -0.05) is 6.92 Å². The van der Waals surface area contributed by atoms with Crippen molar-refractivity contribution in [1.29, 1.82) is 0 Å². The molecule has 94 valence electrons. The zero-order valence-electron chi connectivity index (χ0n) is 10.7. The van der Waals surface area contributed by atoms with Gasteiger partial charge in [-0.25, -0.2) is 0 Å². The molecule has 0 fully saturated rings. The molecule has 3 heterocycles. The number of aromatic amines is 1. The standard InChI is InChI=1S/C14H18N4/c1-2-7-18-8-5-13-12(10-18)14(17-16-13)11-4-3-6-15-9-11/h3-4,6,9H,2,5,7-8,10H2,1H3,(H,16,17). The van der Waals surface area contributed by atoms with E-state index >= 15 is 0 Å². The molecule has 18 heavy (non-hydrogen) atoms. The van der Waals surface area contributed by atoms with E-state index in [-0.39, 0.29) is 0 Å². The molecule has 2 aromatic heterocycles. The van der Waals surface area contributed by atoms with Gasteiger partial charge in [-0.2, -0.15) is 5.10 Å². The highest BCUT2D eigenvalue weighted by molar-refractivity contribution is 5.63. The fourth-order valence-electron chi connectivity index (χ4n) is 2.60. The summed E-state index contributed by atoms with van der Waals surface area (Å²) in [6, 6.07) is 4.03. The molecule has 1 aliphatic heterocycles. The van der Waals surface area contributed by atoms with Gasteiger partial charge in [0.15, 0.2) is 0 Å². The Morgan fingerprint density at radius 3 is 3.17 bits per heavy atom. The molecule has 4 heteroatoms. The van der Waals surface area contributed by atoms with Crippen LogP contribution in [0.25, 0.3) is 11.3 Å². The predicted molar refractivity (Wildman–Crippen MR) is 71.1 cm³/mol. The van der Waals surface area contributed by atoms with Crippen LogP contribution in [0.5, 0.6) is 0 Å². The van der Waals surface area contributed by atoms with Gasteiger partial charge in [0.05, 0.1) is 5.69 Å². The minimum atomic E-state index is 1.00. The lowest BCUT2D eigenvalue weighted by atomic mass is 10.0. The Bertz CT molecular complexity index is 518. The van der Waals surface area contributed by atoms with Crippen LogP contribution in [-0.4, -0.2) is 33.2 Å². The topological polar surface area (TPSA) is 44.8 Å². The highest BCUT2D eigenvalue weighted by atomic mass is 15.2. The average Bonchev–Trinajstić information content (AvgIpc) is 2.83. The molecule has 1 N–H and O–H groups in total. The van der Waals surface area contributed by atoms with Crippen molar-refractivity contribution in [2.75, 3.05) is 13.1 Å². The monoisotopic (exact) mass is 242 g/mol. The van der Waals surface area contributed by atoms with Gasteiger partial charge in [0.2, 0.25) is 0 Å². The van der Waals surface area contributed by atoms with Gasteiger partial charge in [-0.05, 0) is 25.1 Å². The Kier molecular flexibility index (Phi) is 3.11. The van der Waals surface area contributed by atoms with Crippen LogP contribution in [-0.2, 0) is 13.0 Å². The van der Waals surface area contributed by atoms with E-state index in [2.05, 4.69) is 33.1 Å². The number of hydrogen-bond donors (Lipinski definition) is 1. The Morgan fingerprint density at radius 2 is 2.39 bits per heavy atom. The van der Waals surface area contributed by atoms with Crippen LogP contribution < -0.4 is 0 Å². The third kappa shape index (κ3) is 2.04. The molecule has 4 nitrogen and oxygen atoms in total. The zero-order valence-corrected chi connectivity index (χ0v) is 10.7. The molecule has 0 bridgehead atoms. The first kappa shape index (κ1) is 11.4. The number of H-pyrrole nitrogens is 1. The highest BCUT2D eigenvalue weighted by Crippen LogP contribution is 2.27. The maximum absolute atomic E-state index is 4.47. The number of pyridine rings is 1. The summed E-state index contributed by atoms with van der Waals surface area (Å²) < 4.78 is 0. The second kappa shape index (κ2) is 4.90. The first-order chi connectivity index (χ1) is 8.88. The molecule has 0 saturated carbocycles. The fourth-order valence-corrected chi connectivity index (χ4v) is 2.60. The second-order valence-corrected chi connectivity index (χ2v) is 4.80. The summed E-state index contributed by atoms with van der Waals surface area (Å²) >= 11 is 0. The number of hydrogen-bond acceptors (Lipinski definition) is 3. The number of nitrogens with one attached hydrogen (secondary N) is 1. The summed E-state index contributed by atoms with van der Waals surface area (Å²) in [5, 5.41) is 7.65. The van der Waals surface area contributed by atoms with Crippen molar-refractivity contribution in [2.45, 2.75) is 26.3 Å². The number of nitrogens with zero attached hydrogens (tertiary/aromatic N) is 3. The van der Waals surface area contributed by atoms with E-state index in [4.69, 9.17) is 0 Å². The third-order valence-electron chi connectivity index (χ3n) is 3.49. The molecule has 0 amide bonds. The fraction of sp³-hybridized carbons (Fsp3) is 0.429. The molecule has 0 radical (unpaired) electrons. The van der Waals surface area contributed by atoms with E-state index in [1.54, 1.807) is 6.20 Å². The van der Waals surface area contributed by atoms with Crippen molar-refractivity contribution in [3.63, 3.8) is 0 Å². The zero-order chi connectivity index (χ0) is 12.4. The van der Waals surface area contributed by atoms with Crippen molar-refractivity contribution in [3.05, 3.63) is 35.8 Å². The molecule has 3 rings (SSSR count). The molecule has 0 unspecified atom stereocenters. The number of aromatic nitrogens is 3. The van der Waals surface area contributed by atoms with Gasteiger partial charge in [-0.15, -0.1) is 0 Å². The third-order valence-corrected chi connectivity index (χ3v) is 3.49. The summed E-state index contributed by atoms with van der Waals surface area (Å²) in [5.41, 5.74) is 4.82. The van der Waals surface area contributed by atoms with Crippen molar-refractivity contribution in [3.8, 4) is 11.3 Å². The van der Waals surface area contributed by atoms with Gasteiger partial charge in [0.25, 0.3) is 0 Å². The average molecular weight is 242 g/mol. The minimum Gasteiger partial charge on any atom is -0.299 e. The Labute approximate surface area is 107 Å². The van der Waals surface area contributed by atoms with Gasteiger partial charge < -0.3 is 0 Å². The van der Waals surface area contributed by atoms with Crippen LogP contribution in [0, 0.1) is 0 Å². The van der Waals surface area contributed by atoms with Crippen LogP contribution in [0.15, 0.2) is 24.5 Å². The summed E-state index contributed by atoms with van der Waals surface area (Å²) in [7, 11) is 0. The van der Waals surface area contributed by atoms with Crippen LogP contribution in [0.3, 0.4) is 0 Å².